The number of carbonyl (C=O) groups excluding carboxylic acids is 2. The van der Waals surface area contributed by atoms with Gasteiger partial charge in [-0.05, 0) is 70.6 Å². The maximum atomic E-state index is 13.3. The largest absolute Gasteiger partial charge is 0.462 e. The zero-order chi connectivity index (χ0) is 48.8. The van der Waals surface area contributed by atoms with Crippen LogP contribution in [-0.2, 0) is 14.3 Å². The van der Waals surface area contributed by atoms with E-state index in [2.05, 4.69) is 92.9 Å². The average molecular weight is 935 g/mol. The van der Waals surface area contributed by atoms with Gasteiger partial charge in [-0.3, -0.25) is 9.59 Å². The second kappa shape index (κ2) is 54.0. The lowest BCUT2D eigenvalue weighted by atomic mass is 10.0. The van der Waals surface area contributed by atoms with Gasteiger partial charge < -0.3 is 20.3 Å². The molecular formula is C61H107NO5. The Kier molecular flexibility index (Phi) is 51.6. The minimum Gasteiger partial charge on any atom is -0.462 e. The molecule has 0 saturated heterocycles. The van der Waals surface area contributed by atoms with Crippen molar-refractivity contribution in [3.8, 4) is 0 Å². The number of esters is 1. The zero-order valence-corrected chi connectivity index (χ0v) is 44.0. The number of unbranched alkanes of at least 4 members (excludes halogenated alkanes) is 29. The molecule has 0 rings (SSSR count). The number of ether oxygens (including phenoxy) is 1. The highest BCUT2D eigenvalue weighted by molar-refractivity contribution is 5.77. The van der Waals surface area contributed by atoms with Crippen molar-refractivity contribution < 1.29 is 24.5 Å². The molecule has 1 amide bonds. The molecule has 0 spiro atoms. The standard InChI is InChI=1S/C61H107NO5/c1-4-7-10-13-16-19-22-25-28-30-33-35-38-41-44-47-50-53-59(64)58(56-63)62-60(65)55-57(52-49-46-43-40-37-34-32-29-26-23-20-17-14-11-8-5-2)67-61(66)54-51-48-45-42-39-36-31-27-24-21-18-15-12-9-6-3/h9,12,15,18,21,23-24,26-27,29,31-32,34,37,57-59,63-64H,4-8,10-11,13-14,16-17,19-20,22,25,28,30,33,35-36,38-56H2,1-3H3,(H,62,65)/b12-9+,18-15+,24-21+,26-23+,31-27-,32-29+,37-34+. The summed E-state index contributed by atoms with van der Waals surface area (Å²) < 4.78 is 5.93. The van der Waals surface area contributed by atoms with E-state index in [1.807, 2.05) is 18.2 Å². The van der Waals surface area contributed by atoms with Crippen LogP contribution in [0.25, 0.3) is 0 Å². The van der Waals surface area contributed by atoms with Gasteiger partial charge in [-0.2, -0.15) is 0 Å². The minimum absolute atomic E-state index is 0.0416. The lowest BCUT2D eigenvalue weighted by Crippen LogP contribution is -2.46. The second-order valence-electron chi connectivity index (χ2n) is 19.1. The summed E-state index contributed by atoms with van der Waals surface area (Å²) in [5.41, 5.74) is 0. The van der Waals surface area contributed by atoms with Gasteiger partial charge in [-0.1, -0.05) is 266 Å². The first kappa shape index (κ1) is 64.0. The second-order valence-corrected chi connectivity index (χ2v) is 19.1. The predicted octanol–water partition coefficient (Wildman–Crippen LogP) is 17.5. The number of hydrogen-bond acceptors (Lipinski definition) is 5. The third-order valence-corrected chi connectivity index (χ3v) is 12.6. The van der Waals surface area contributed by atoms with E-state index in [0.717, 1.165) is 96.3 Å². The highest BCUT2D eigenvalue weighted by Crippen LogP contribution is 2.18. The summed E-state index contributed by atoms with van der Waals surface area (Å²) in [6, 6.07) is -0.723. The van der Waals surface area contributed by atoms with Gasteiger partial charge in [0.25, 0.3) is 0 Å². The molecule has 0 aliphatic heterocycles. The molecule has 6 nitrogen and oxygen atoms in total. The maximum Gasteiger partial charge on any atom is 0.306 e. The molecule has 3 unspecified atom stereocenters. The Morgan fingerprint density at radius 3 is 1.24 bits per heavy atom. The summed E-state index contributed by atoms with van der Waals surface area (Å²) in [4.78, 5) is 26.2. The van der Waals surface area contributed by atoms with E-state index in [1.54, 1.807) is 0 Å². The summed E-state index contributed by atoms with van der Waals surface area (Å²) in [6.45, 7) is 6.33. The van der Waals surface area contributed by atoms with Gasteiger partial charge in [0.15, 0.2) is 0 Å². The number of carbonyl (C=O) groups is 2. The fourth-order valence-electron chi connectivity index (χ4n) is 8.33. The number of hydrogen-bond donors (Lipinski definition) is 3. The van der Waals surface area contributed by atoms with Gasteiger partial charge in [0.2, 0.25) is 5.91 Å². The van der Waals surface area contributed by atoms with Gasteiger partial charge in [0.1, 0.15) is 6.10 Å². The highest BCUT2D eigenvalue weighted by atomic mass is 16.5. The number of nitrogens with one attached hydrogen (secondary N) is 1. The first-order valence-electron chi connectivity index (χ1n) is 28.4. The van der Waals surface area contributed by atoms with Crippen LogP contribution in [0.4, 0.5) is 0 Å². The highest BCUT2D eigenvalue weighted by Gasteiger charge is 2.24. The Balaban J connectivity index is 4.65. The molecule has 0 aliphatic carbocycles. The van der Waals surface area contributed by atoms with Crippen LogP contribution < -0.4 is 5.32 Å². The van der Waals surface area contributed by atoms with Gasteiger partial charge in [0, 0.05) is 6.42 Å². The predicted molar refractivity (Wildman–Crippen MR) is 291 cm³/mol. The number of aliphatic hydroxyl groups is 2. The monoisotopic (exact) mass is 934 g/mol. The van der Waals surface area contributed by atoms with Gasteiger partial charge in [-0.25, -0.2) is 0 Å². The van der Waals surface area contributed by atoms with Crippen LogP contribution in [0.15, 0.2) is 85.1 Å². The molecule has 0 bridgehead atoms. The summed E-state index contributed by atoms with van der Waals surface area (Å²) in [6.07, 6.45) is 70.7. The number of amides is 1. The molecule has 0 heterocycles. The molecule has 0 saturated carbocycles. The van der Waals surface area contributed by atoms with Crippen molar-refractivity contribution in [2.75, 3.05) is 6.61 Å². The summed E-state index contributed by atoms with van der Waals surface area (Å²) in [7, 11) is 0. The van der Waals surface area contributed by atoms with Crippen molar-refractivity contribution >= 4 is 11.9 Å². The molecule has 386 valence electrons. The Labute approximate surface area is 414 Å². The van der Waals surface area contributed by atoms with Crippen molar-refractivity contribution in [1.82, 2.24) is 5.32 Å². The zero-order valence-electron chi connectivity index (χ0n) is 44.0. The Morgan fingerprint density at radius 2 is 0.806 bits per heavy atom. The van der Waals surface area contributed by atoms with E-state index in [1.165, 1.54) is 122 Å². The fourth-order valence-corrected chi connectivity index (χ4v) is 8.33. The Hall–Kier alpha value is -2.96. The molecule has 0 fully saturated rings. The fraction of sp³-hybridized carbons (Fsp3) is 0.738. The van der Waals surface area contributed by atoms with Gasteiger partial charge in [0.05, 0.1) is 25.2 Å². The van der Waals surface area contributed by atoms with Crippen molar-refractivity contribution in [3.63, 3.8) is 0 Å². The number of rotatable bonds is 50. The van der Waals surface area contributed by atoms with Crippen molar-refractivity contribution in [3.05, 3.63) is 85.1 Å². The van der Waals surface area contributed by atoms with Crippen molar-refractivity contribution in [2.45, 2.75) is 283 Å². The topological polar surface area (TPSA) is 95.9 Å². The molecule has 67 heavy (non-hydrogen) atoms. The van der Waals surface area contributed by atoms with Crippen LogP contribution in [0.1, 0.15) is 265 Å². The maximum absolute atomic E-state index is 13.3. The molecule has 6 heteroatoms. The Bertz CT molecular complexity index is 1280. The van der Waals surface area contributed by atoms with Crippen LogP contribution in [0.5, 0.6) is 0 Å². The van der Waals surface area contributed by atoms with Crippen molar-refractivity contribution in [2.24, 2.45) is 0 Å². The average Bonchev–Trinajstić information content (AvgIpc) is 3.32. The molecule has 0 aliphatic rings. The summed E-state index contributed by atoms with van der Waals surface area (Å²) in [5.74, 6) is -0.534. The molecule has 0 aromatic carbocycles. The first-order chi connectivity index (χ1) is 33.0. The van der Waals surface area contributed by atoms with E-state index in [4.69, 9.17) is 4.74 Å². The summed E-state index contributed by atoms with van der Waals surface area (Å²) in [5, 5.41) is 23.9. The third-order valence-electron chi connectivity index (χ3n) is 12.6. The lowest BCUT2D eigenvalue weighted by molar-refractivity contribution is -0.151. The van der Waals surface area contributed by atoms with Crippen LogP contribution in [0.3, 0.4) is 0 Å². The Morgan fingerprint density at radius 1 is 0.448 bits per heavy atom. The van der Waals surface area contributed by atoms with Crippen LogP contribution in [-0.4, -0.2) is 46.9 Å². The van der Waals surface area contributed by atoms with Gasteiger partial charge in [-0.15, -0.1) is 0 Å². The molecule has 0 radical (unpaired) electrons. The number of aliphatic hydroxyl groups excluding tert-OH is 2. The van der Waals surface area contributed by atoms with Crippen LogP contribution in [0, 0.1) is 0 Å². The van der Waals surface area contributed by atoms with Gasteiger partial charge >= 0.3 is 5.97 Å². The SMILES string of the molecule is CC/C=C/C=C/C=C/C=C\CCCCCCCC(=O)OC(CCCCC/C=C/C=C/C=C/CCCCCCC)CC(=O)NC(CO)C(O)CCCCCCCCCCCCCCCCCCC. The first-order valence-corrected chi connectivity index (χ1v) is 28.4. The van der Waals surface area contributed by atoms with Crippen molar-refractivity contribution in [1.29, 1.82) is 0 Å². The molecular weight excluding hydrogens is 827 g/mol. The van der Waals surface area contributed by atoms with E-state index < -0.39 is 18.2 Å². The molecule has 0 aromatic heterocycles. The molecule has 3 atom stereocenters. The smallest absolute Gasteiger partial charge is 0.306 e. The van der Waals surface area contributed by atoms with E-state index in [0.29, 0.717) is 19.3 Å². The summed E-state index contributed by atoms with van der Waals surface area (Å²) >= 11 is 0. The van der Waals surface area contributed by atoms with E-state index >= 15 is 0 Å². The molecule has 0 aromatic rings. The van der Waals surface area contributed by atoms with Crippen LogP contribution in [0.2, 0.25) is 0 Å². The quantitative estimate of drug-likeness (QED) is 0.0321. The van der Waals surface area contributed by atoms with E-state index in [9.17, 15) is 19.8 Å². The van der Waals surface area contributed by atoms with E-state index in [-0.39, 0.29) is 24.9 Å². The normalized spacial score (nSPS) is 13.8. The number of allylic oxidation sites excluding steroid dienone is 14. The lowest BCUT2D eigenvalue weighted by Gasteiger charge is -2.24. The minimum atomic E-state index is -0.807. The third kappa shape index (κ3) is 49.3. The van der Waals surface area contributed by atoms with Crippen LogP contribution >= 0.6 is 0 Å². The molecule has 3 N–H and O–H groups in total.